The molecule has 0 spiro atoms. The minimum atomic E-state index is 1.25. The molecule has 0 aliphatic carbocycles. The number of nitrogens with zero attached hydrogens (tertiary/aromatic N) is 2. The van der Waals surface area contributed by atoms with Crippen molar-refractivity contribution in [2.75, 3.05) is 20.6 Å². The van der Waals surface area contributed by atoms with Gasteiger partial charge in [0.05, 0.1) is 0 Å². The molecule has 0 aliphatic rings. The van der Waals surface area contributed by atoms with Crippen LogP contribution in [-0.2, 0) is 0 Å². The molecule has 0 bridgehead atoms. The molecule has 0 aromatic rings. The van der Waals surface area contributed by atoms with Crippen LogP contribution in [0.5, 0.6) is 0 Å². The van der Waals surface area contributed by atoms with Gasteiger partial charge in [-0.3, -0.25) is 0 Å². The molecule has 23 heavy (non-hydrogen) atoms. The predicted molar refractivity (Wildman–Crippen MR) is 105 cm³/mol. The van der Waals surface area contributed by atoms with E-state index in [1.165, 1.54) is 109 Å². The Morgan fingerprint density at radius 2 is 0.913 bits per heavy atom. The maximum Gasteiger partial charge on any atom is 0.229 e. The summed E-state index contributed by atoms with van der Waals surface area (Å²) >= 11 is 0. The average molecular weight is 320 g/mol. The second-order valence-electron chi connectivity index (χ2n) is 6.88. The quantitative estimate of drug-likeness (QED) is 0.255. The van der Waals surface area contributed by atoms with E-state index in [4.69, 9.17) is 5.26 Å². The van der Waals surface area contributed by atoms with E-state index in [0.29, 0.717) is 0 Å². The van der Waals surface area contributed by atoms with Crippen molar-refractivity contribution in [3.8, 4) is 5.97 Å². The summed E-state index contributed by atoms with van der Waals surface area (Å²) in [6, 6.07) is 0. The van der Waals surface area contributed by atoms with Gasteiger partial charge in [-0.25, -0.2) is 5.26 Å². The van der Waals surface area contributed by atoms with Gasteiger partial charge in [0.15, 0.2) is 0 Å². The Balaban J connectivity index is 0. The van der Waals surface area contributed by atoms with Gasteiger partial charge < -0.3 is 4.90 Å². The van der Waals surface area contributed by atoms with Gasteiger partial charge in [0.2, 0.25) is 7.85 Å². The average Bonchev–Trinajstić information content (AvgIpc) is 2.51. The molecule has 2 radical (unpaired) electrons. The van der Waals surface area contributed by atoms with Crippen LogP contribution in [0.25, 0.3) is 0 Å². The molecule has 134 valence electrons. The second kappa shape index (κ2) is 23.8. The summed E-state index contributed by atoms with van der Waals surface area (Å²) in [7, 11) is 8.49. The topological polar surface area (TPSA) is 27.0 Å². The molecule has 0 amide bonds. The van der Waals surface area contributed by atoms with Crippen molar-refractivity contribution in [3.05, 3.63) is 0 Å². The van der Waals surface area contributed by atoms with E-state index in [9.17, 15) is 0 Å². The summed E-state index contributed by atoms with van der Waals surface area (Å²) in [5.41, 5.74) is 0. The van der Waals surface area contributed by atoms with E-state index >= 15 is 0 Å². The fourth-order valence-corrected chi connectivity index (χ4v) is 2.80. The maximum absolute atomic E-state index is 7.10. The molecule has 0 unspecified atom stereocenters. The smallest absolute Gasteiger partial charge is 0.229 e. The largest absolute Gasteiger partial charge is 0.309 e. The van der Waals surface area contributed by atoms with E-state index < -0.39 is 0 Å². The number of hydrogen-bond acceptors (Lipinski definition) is 2. The summed E-state index contributed by atoms with van der Waals surface area (Å²) in [5.74, 6) is 1.25. The molecule has 0 aromatic heterocycles. The van der Waals surface area contributed by atoms with Crippen molar-refractivity contribution in [1.82, 2.24) is 4.90 Å². The van der Waals surface area contributed by atoms with Gasteiger partial charge in [0, 0.05) is 0 Å². The van der Waals surface area contributed by atoms with Gasteiger partial charge in [-0.1, -0.05) is 96.8 Å². The molecule has 0 saturated carbocycles. The van der Waals surface area contributed by atoms with Gasteiger partial charge in [-0.2, -0.15) is 0 Å². The Labute approximate surface area is 148 Å². The third-order valence-electron chi connectivity index (χ3n) is 4.21. The molecule has 2 nitrogen and oxygen atoms in total. The molecule has 0 N–H and O–H groups in total. The zero-order chi connectivity index (χ0) is 17.6. The Hall–Kier alpha value is -0.485. The highest BCUT2D eigenvalue weighted by Gasteiger charge is 1.94. The number of hydrogen-bond donors (Lipinski definition) is 0. The molecule has 3 heteroatoms. The SMILES string of the molecule is CCCCCCCCCCCCCCCCCN(C)C.[B]C#N. The lowest BCUT2D eigenvalue weighted by Gasteiger charge is -2.08. The summed E-state index contributed by atoms with van der Waals surface area (Å²) in [6.45, 7) is 3.56. The van der Waals surface area contributed by atoms with Crippen LogP contribution in [0.2, 0.25) is 0 Å². The molecule has 0 atom stereocenters. The van der Waals surface area contributed by atoms with Gasteiger partial charge in [-0.05, 0) is 33.0 Å². The van der Waals surface area contributed by atoms with Gasteiger partial charge in [-0.15, -0.1) is 0 Å². The maximum atomic E-state index is 7.10. The summed E-state index contributed by atoms with van der Waals surface area (Å²) in [6.07, 6.45) is 21.8. The Kier molecular flexibility index (Phi) is 25.6. The van der Waals surface area contributed by atoms with Crippen LogP contribution in [0.1, 0.15) is 103 Å². The highest BCUT2D eigenvalue weighted by Crippen LogP contribution is 2.13. The lowest BCUT2D eigenvalue weighted by molar-refractivity contribution is 0.389. The number of nitriles is 1. The fourth-order valence-electron chi connectivity index (χ4n) is 2.80. The Morgan fingerprint density at radius 1 is 0.652 bits per heavy atom. The molecular weight excluding hydrogens is 279 g/mol. The van der Waals surface area contributed by atoms with Crippen LogP contribution in [0, 0.1) is 11.2 Å². The van der Waals surface area contributed by atoms with Gasteiger partial charge in [0.1, 0.15) is 0 Å². The van der Waals surface area contributed by atoms with E-state index in [-0.39, 0.29) is 0 Å². The molecule has 0 saturated heterocycles. The molecule has 0 rings (SSSR count). The minimum Gasteiger partial charge on any atom is -0.309 e. The van der Waals surface area contributed by atoms with Crippen molar-refractivity contribution < 1.29 is 0 Å². The zero-order valence-electron chi connectivity index (χ0n) is 16.3. The summed E-state index contributed by atoms with van der Waals surface area (Å²) < 4.78 is 0. The van der Waals surface area contributed by atoms with Crippen molar-refractivity contribution in [1.29, 1.82) is 5.26 Å². The number of rotatable bonds is 16. The third-order valence-corrected chi connectivity index (χ3v) is 4.21. The van der Waals surface area contributed by atoms with Crippen molar-refractivity contribution in [2.24, 2.45) is 0 Å². The van der Waals surface area contributed by atoms with Gasteiger partial charge in [0.25, 0.3) is 0 Å². The van der Waals surface area contributed by atoms with Gasteiger partial charge >= 0.3 is 0 Å². The normalized spacial score (nSPS) is 10.2. The second-order valence-corrected chi connectivity index (χ2v) is 6.88. The predicted octanol–water partition coefficient (Wildman–Crippen LogP) is 6.06. The van der Waals surface area contributed by atoms with E-state index in [1.54, 1.807) is 0 Å². The first-order valence-corrected chi connectivity index (χ1v) is 9.93. The minimum absolute atomic E-state index is 1.25. The first-order valence-electron chi connectivity index (χ1n) is 9.93. The van der Waals surface area contributed by atoms with Crippen LogP contribution in [0.15, 0.2) is 0 Å². The first kappa shape index (κ1) is 24.8. The third kappa shape index (κ3) is 30.0. The standard InChI is InChI=1S/C19H41N.CBN/c1-4-5-6-7-8-9-10-11-12-13-14-15-16-17-18-19-20(2)3;2-1-3/h4-19H2,1-3H3;. The lowest BCUT2D eigenvalue weighted by Crippen LogP contribution is -2.12. The van der Waals surface area contributed by atoms with Crippen LogP contribution < -0.4 is 0 Å². The Morgan fingerprint density at radius 3 is 1.17 bits per heavy atom. The highest BCUT2D eigenvalue weighted by molar-refractivity contribution is 6.20. The van der Waals surface area contributed by atoms with Crippen LogP contribution >= 0.6 is 0 Å². The van der Waals surface area contributed by atoms with E-state index in [1.807, 2.05) is 0 Å². The molecule has 0 aromatic carbocycles. The Bertz CT molecular complexity index is 236. The molecular formula is C20H41BN2. The fraction of sp³-hybridized carbons (Fsp3) is 0.950. The van der Waals surface area contributed by atoms with Crippen molar-refractivity contribution >= 4 is 7.85 Å². The molecule has 0 fully saturated rings. The first-order chi connectivity index (χ1) is 11.2. The highest BCUT2D eigenvalue weighted by atomic mass is 15.0. The summed E-state index contributed by atoms with van der Waals surface area (Å²) in [5, 5.41) is 7.10. The summed E-state index contributed by atoms with van der Waals surface area (Å²) in [4.78, 5) is 2.29. The van der Waals surface area contributed by atoms with Crippen LogP contribution in [0.3, 0.4) is 0 Å². The number of unbranched alkanes of at least 4 members (excludes halogenated alkanes) is 14. The van der Waals surface area contributed by atoms with E-state index in [0.717, 1.165) is 0 Å². The van der Waals surface area contributed by atoms with Crippen LogP contribution in [0.4, 0.5) is 0 Å². The lowest BCUT2D eigenvalue weighted by atomic mass is 10.0. The monoisotopic (exact) mass is 320 g/mol. The molecule has 0 aliphatic heterocycles. The van der Waals surface area contributed by atoms with Crippen molar-refractivity contribution in [3.63, 3.8) is 0 Å². The van der Waals surface area contributed by atoms with E-state index in [2.05, 4.69) is 33.8 Å². The zero-order valence-corrected chi connectivity index (χ0v) is 16.3. The molecule has 0 heterocycles. The van der Waals surface area contributed by atoms with Crippen LogP contribution in [-0.4, -0.2) is 33.4 Å². The van der Waals surface area contributed by atoms with Crippen molar-refractivity contribution in [2.45, 2.75) is 103 Å².